The number of carbonyl (C=O) groups is 5. The second-order valence-corrected chi connectivity index (χ2v) is 20.8. The molecule has 2 N–H and O–H groups in total. The number of nitrogens with one attached hydrogen (secondary N) is 1. The predicted molar refractivity (Wildman–Crippen MR) is 255 cm³/mol. The fraction of sp³-hybridized carbons (Fsp3) is 0.604. The van der Waals surface area contributed by atoms with Gasteiger partial charge in [0.05, 0.1) is 27.4 Å². The van der Waals surface area contributed by atoms with Gasteiger partial charge >= 0.3 is 23.9 Å². The molecule has 69 heavy (non-hydrogen) atoms. The summed E-state index contributed by atoms with van der Waals surface area (Å²) in [7, 11) is 6.06. The summed E-state index contributed by atoms with van der Waals surface area (Å²) in [5, 5.41) is 14.4. The van der Waals surface area contributed by atoms with Gasteiger partial charge in [0.1, 0.15) is 30.0 Å². The van der Waals surface area contributed by atoms with Crippen LogP contribution in [0.25, 0.3) is 10.9 Å². The van der Waals surface area contributed by atoms with Gasteiger partial charge in [-0.1, -0.05) is 58.0 Å². The minimum atomic E-state index is -2.35. The van der Waals surface area contributed by atoms with Crippen LogP contribution in [0.3, 0.4) is 0 Å². The van der Waals surface area contributed by atoms with Crippen LogP contribution in [0, 0.1) is 17.3 Å². The lowest BCUT2D eigenvalue weighted by molar-refractivity contribution is -0.228. The lowest BCUT2D eigenvalue weighted by Crippen LogP contribution is -2.81. The molecule has 2 bridgehead atoms. The second-order valence-electron chi connectivity index (χ2n) is 20.8. The van der Waals surface area contributed by atoms with Crippen molar-refractivity contribution in [3.05, 3.63) is 70.9 Å². The highest BCUT2D eigenvalue weighted by Gasteiger charge is 2.80. The molecule has 0 radical (unpaired) electrons. The van der Waals surface area contributed by atoms with E-state index in [0.717, 1.165) is 22.0 Å². The molecule has 3 unspecified atom stereocenters. The molecule has 6 aliphatic rings. The minimum Gasteiger partial charge on any atom is -0.496 e. The Morgan fingerprint density at radius 3 is 2.36 bits per heavy atom. The molecule has 1 spiro atoms. The smallest absolute Gasteiger partial charge is 0.344 e. The van der Waals surface area contributed by atoms with Crippen molar-refractivity contribution in [2.45, 2.75) is 113 Å². The van der Waals surface area contributed by atoms with E-state index in [4.69, 9.17) is 28.4 Å². The molecule has 6 heterocycles. The van der Waals surface area contributed by atoms with Gasteiger partial charge in [0, 0.05) is 96.9 Å². The monoisotopic (exact) mass is 952 g/mol. The normalized spacial score (nSPS) is 33.3. The summed E-state index contributed by atoms with van der Waals surface area (Å²) in [5.41, 5.74) is -2.24. The fourth-order valence-corrected chi connectivity index (χ4v) is 14.3. The maximum atomic E-state index is 15.7. The third kappa shape index (κ3) is 7.16. The van der Waals surface area contributed by atoms with Crippen LogP contribution in [0.1, 0.15) is 89.1 Å². The second kappa shape index (κ2) is 17.8. The molecule has 372 valence electrons. The number of anilines is 1. The van der Waals surface area contributed by atoms with Gasteiger partial charge in [-0.15, -0.1) is 0 Å². The van der Waals surface area contributed by atoms with E-state index in [1.165, 1.54) is 21.1 Å². The van der Waals surface area contributed by atoms with Crippen LogP contribution in [-0.4, -0.2) is 153 Å². The quantitative estimate of drug-likeness (QED) is 0.135. The standard InChI is InChI=1S/C53H68N4O12/c1-10-49(69-42(60)29-67-28-40(59)31(3)4)25-33-26-52(47(61)65-8,43-35(17-21-56(27-33)30-49)34-15-12-13-16-38(34)54-43)37-23-36-39(24-41(37)64-7)55(6)45-51(36)19-22-57-20-14-18-50(11-2,44(51)57)46(68-32(5)58)53(45,63)48(62)66-9/h12-16,18,23-24,31,33,44-46,54,63H,10-11,17,19-22,25-30H2,1-9H3/t33?,44-,45+,46+,49-,50+,51+,52?,53-/m0/s1. The molecule has 3 fully saturated rings. The lowest BCUT2D eigenvalue weighted by atomic mass is 9.47. The number of methoxy groups -OCH3 is 3. The number of fused-ring (bicyclic) bond motifs is 6. The van der Waals surface area contributed by atoms with E-state index in [1.807, 2.05) is 62.2 Å². The van der Waals surface area contributed by atoms with Gasteiger partial charge in [-0.3, -0.25) is 24.2 Å². The number of benzene rings is 2. The maximum absolute atomic E-state index is 15.7. The Kier molecular flexibility index (Phi) is 12.6. The number of H-pyrrole nitrogens is 1. The molecule has 0 amide bonds. The number of carbonyl (C=O) groups excluding carboxylic acids is 5. The number of nitrogens with zero attached hydrogens (tertiary/aromatic N) is 3. The van der Waals surface area contributed by atoms with Crippen LogP contribution < -0.4 is 9.64 Å². The number of aromatic nitrogens is 1. The Balaban J connectivity index is 1.26. The van der Waals surface area contributed by atoms with Crippen LogP contribution in [0.2, 0.25) is 0 Å². The van der Waals surface area contributed by atoms with Gasteiger partial charge in [-0.05, 0) is 74.2 Å². The number of likely N-dealkylation sites (N-methyl/N-ethyl adjacent to an activating group) is 1. The molecule has 3 aromatic rings. The van der Waals surface area contributed by atoms with E-state index in [9.17, 15) is 24.3 Å². The van der Waals surface area contributed by atoms with E-state index in [1.54, 1.807) is 21.0 Å². The highest BCUT2D eigenvalue weighted by Crippen LogP contribution is 2.68. The number of piperidine rings is 1. The Hall–Kier alpha value is -5.29. The molecule has 1 aliphatic carbocycles. The molecule has 2 aromatic carbocycles. The van der Waals surface area contributed by atoms with Gasteiger partial charge in [-0.2, -0.15) is 0 Å². The molecule has 16 nitrogen and oxygen atoms in total. The number of aliphatic hydroxyl groups is 1. The summed E-state index contributed by atoms with van der Waals surface area (Å²) in [6.07, 6.45) is 5.42. The van der Waals surface area contributed by atoms with Crippen molar-refractivity contribution in [1.29, 1.82) is 0 Å². The Morgan fingerprint density at radius 2 is 1.68 bits per heavy atom. The topological polar surface area (TPSA) is 186 Å². The third-order valence-electron chi connectivity index (χ3n) is 17.0. The number of esters is 4. The fourth-order valence-electron chi connectivity index (χ4n) is 14.3. The number of hydrogen-bond donors (Lipinski definition) is 2. The number of rotatable bonds is 13. The van der Waals surface area contributed by atoms with Crippen LogP contribution >= 0.6 is 0 Å². The number of ether oxygens (including phenoxy) is 6. The van der Waals surface area contributed by atoms with Crippen molar-refractivity contribution >= 4 is 46.3 Å². The third-order valence-corrected chi connectivity index (χ3v) is 17.0. The molecule has 1 aromatic heterocycles. The van der Waals surface area contributed by atoms with Gasteiger partial charge in [-0.25, -0.2) is 9.59 Å². The first kappa shape index (κ1) is 48.7. The van der Waals surface area contributed by atoms with Gasteiger partial charge < -0.3 is 43.4 Å². The first-order valence-electron chi connectivity index (χ1n) is 24.5. The summed E-state index contributed by atoms with van der Waals surface area (Å²) in [6, 6.07) is 10.7. The van der Waals surface area contributed by atoms with Crippen LogP contribution in [0.4, 0.5) is 5.69 Å². The largest absolute Gasteiger partial charge is 0.496 e. The van der Waals surface area contributed by atoms with Crippen molar-refractivity contribution in [3.63, 3.8) is 0 Å². The van der Waals surface area contributed by atoms with Gasteiger partial charge in [0.25, 0.3) is 0 Å². The van der Waals surface area contributed by atoms with Gasteiger partial charge in [0.15, 0.2) is 11.9 Å². The number of Topliss-reactive ketones (excluding diaryl/α,β-unsaturated/α-hetero) is 1. The number of para-hydroxylation sites is 1. The first-order chi connectivity index (χ1) is 32.9. The van der Waals surface area contributed by atoms with Crippen molar-refractivity contribution < 1.29 is 57.5 Å². The number of hydrogen-bond acceptors (Lipinski definition) is 15. The van der Waals surface area contributed by atoms with Crippen LogP contribution in [-0.2, 0) is 64.9 Å². The SMILES string of the molecule is CC[C@]1(OC(=O)COCC(=O)C(C)C)CC2CN(CCc3c([nH]c4ccccc34)C(C(=O)OC)(c3cc4c(cc3OC)N(C)[C@H]3[C@@](O)(C(=O)OC)[C@H](OC(C)=O)[C@]5(CC)C=CCN6CC[C@]43[C@@H]65)C2)C1. The summed E-state index contributed by atoms with van der Waals surface area (Å²) < 4.78 is 36.1. The highest BCUT2D eigenvalue weighted by molar-refractivity contribution is 5.95. The molecule has 10 atom stereocenters. The number of ketones is 1. The Labute approximate surface area is 403 Å². The molecule has 1 saturated carbocycles. The van der Waals surface area contributed by atoms with Crippen molar-refractivity contribution in [2.24, 2.45) is 17.3 Å². The summed E-state index contributed by atoms with van der Waals surface area (Å²) in [6.45, 7) is 11.2. The molecular formula is C53H68N4O12. The Bertz CT molecular complexity index is 2590. The molecule has 9 rings (SSSR count). The predicted octanol–water partition coefficient (Wildman–Crippen LogP) is 4.78. The van der Waals surface area contributed by atoms with Crippen molar-refractivity contribution in [2.75, 3.05) is 79.2 Å². The van der Waals surface area contributed by atoms with E-state index in [2.05, 4.69) is 26.9 Å². The zero-order chi connectivity index (χ0) is 49.4. The summed E-state index contributed by atoms with van der Waals surface area (Å²) >= 11 is 0. The van der Waals surface area contributed by atoms with E-state index in [-0.39, 0.29) is 43.3 Å². The van der Waals surface area contributed by atoms with E-state index < -0.39 is 63.5 Å². The first-order valence-corrected chi connectivity index (χ1v) is 24.5. The maximum Gasteiger partial charge on any atom is 0.344 e. The zero-order valence-corrected chi connectivity index (χ0v) is 41.5. The zero-order valence-electron chi connectivity index (χ0n) is 41.5. The van der Waals surface area contributed by atoms with Crippen molar-refractivity contribution in [3.8, 4) is 5.75 Å². The molecular weight excluding hydrogens is 885 g/mol. The lowest BCUT2D eigenvalue weighted by Gasteiger charge is -2.63. The van der Waals surface area contributed by atoms with Crippen molar-refractivity contribution in [1.82, 2.24) is 14.8 Å². The van der Waals surface area contributed by atoms with E-state index >= 15 is 4.79 Å². The van der Waals surface area contributed by atoms with Crippen LogP contribution in [0.15, 0.2) is 48.6 Å². The van der Waals surface area contributed by atoms with Gasteiger partial charge in [0.2, 0.25) is 5.60 Å². The highest BCUT2D eigenvalue weighted by atomic mass is 16.6. The Morgan fingerprint density at radius 1 is 0.928 bits per heavy atom. The average molecular weight is 953 g/mol. The van der Waals surface area contributed by atoms with E-state index in [0.29, 0.717) is 87.5 Å². The van der Waals surface area contributed by atoms with Crippen LogP contribution in [0.5, 0.6) is 5.75 Å². The molecule has 2 saturated heterocycles. The number of aromatic amines is 1. The summed E-state index contributed by atoms with van der Waals surface area (Å²) in [4.78, 5) is 79.6. The molecule has 5 aliphatic heterocycles. The molecule has 16 heteroatoms. The summed E-state index contributed by atoms with van der Waals surface area (Å²) in [5.74, 6) is -2.76. The average Bonchev–Trinajstić information content (AvgIpc) is 4.00. The minimum absolute atomic E-state index is 0.103.